The van der Waals surface area contributed by atoms with Crippen LogP contribution in [0.3, 0.4) is 0 Å². The minimum atomic E-state index is 0.659. The normalized spacial score (nSPS) is 7.77. The van der Waals surface area contributed by atoms with Crippen LogP contribution in [0.2, 0.25) is 0 Å². The third kappa shape index (κ3) is 7.25. The van der Waals surface area contributed by atoms with Gasteiger partial charge in [-0.05, 0) is 11.5 Å². The van der Waals surface area contributed by atoms with Gasteiger partial charge >= 0.3 is 0 Å². The van der Waals surface area contributed by atoms with E-state index in [1.165, 1.54) is 5.56 Å². The van der Waals surface area contributed by atoms with E-state index in [2.05, 4.69) is 51.3 Å². The number of hydrogen-bond donors (Lipinski definition) is 2. The maximum atomic E-state index is 6.00. The lowest BCUT2D eigenvalue weighted by molar-refractivity contribution is -0.176. The van der Waals surface area contributed by atoms with Crippen molar-refractivity contribution >= 4 is 0 Å². The first-order valence-electron chi connectivity index (χ1n) is 4.05. The minimum absolute atomic E-state index is 0.659. The van der Waals surface area contributed by atoms with Gasteiger partial charge in [-0.1, -0.05) is 44.2 Å². The summed E-state index contributed by atoms with van der Waals surface area (Å²) in [6.07, 6.45) is 0. The van der Waals surface area contributed by atoms with Crippen LogP contribution in [0.4, 0.5) is 0 Å². The summed E-state index contributed by atoms with van der Waals surface area (Å²) in [5.74, 6) is 0.659. The fourth-order valence-corrected chi connectivity index (χ4v) is 0.838. The van der Waals surface area contributed by atoms with E-state index < -0.39 is 0 Å². The molecule has 0 bridgehead atoms. The molecular weight excluding hydrogens is 164 g/mol. The minimum Gasteiger partial charge on any atom is -0.255 e. The van der Waals surface area contributed by atoms with Crippen molar-refractivity contribution in [1.82, 2.24) is 0 Å². The monoisotopic (exact) mass is 182 g/mol. The summed E-state index contributed by atoms with van der Waals surface area (Å²) >= 11 is 0. The van der Waals surface area contributed by atoms with Crippen molar-refractivity contribution in [3.05, 3.63) is 49.1 Å². The Labute approximate surface area is 80.1 Å². The fraction of sp³-hybridized carbons (Fsp3) is 0.273. The molecule has 0 aliphatic carbocycles. The van der Waals surface area contributed by atoms with Crippen LogP contribution in [0.5, 0.6) is 0 Å². The first-order chi connectivity index (χ1) is 6.30. The van der Waals surface area contributed by atoms with Crippen molar-refractivity contribution in [3.8, 4) is 0 Å². The van der Waals surface area contributed by atoms with Gasteiger partial charge in [0.15, 0.2) is 0 Å². The molecule has 2 heteroatoms. The van der Waals surface area contributed by atoms with E-state index in [4.69, 9.17) is 10.5 Å². The second-order valence-electron chi connectivity index (χ2n) is 2.57. The van der Waals surface area contributed by atoms with Gasteiger partial charge in [0.25, 0.3) is 0 Å². The lowest BCUT2D eigenvalue weighted by Gasteiger charge is -2.01. The van der Waals surface area contributed by atoms with Crippen LogP contribution in [0.1, 0.15) is 25.3 Å². The molecule has 1 rings (SSSR count). The molecule has 74 valence electrons. The second kappa shape index (κ2) is 10.9. The van der Waals surface area contributed by atoms with Crippen molar-refractivity contribution in [3.63, 3.8) is 0 Å². The van der Waals surface area contributed by atoms with Gasteiger partial charge in [0.2, 0.25) is 0 Å². The molecule has 2 N–H and O–H groups in total. The molecule has 0 aromatic heterocycles. The molecular formula is C11H18O2. The quantitative estimate of drug-likeness (QED) is 0.395. The van der Waals surface area contributed by atoms with E-state index in [0.29, 0.717) is 5.92 Å². The Bertz CT molecular complexity index is 183. The van der Waals surface area contributed by atoms with Gasteiger partial charge < -0.3 is 0 Å². The first kappa shape index (κ1) is 14.4. The predicted octanol–water partition coefficient (Wildman–Crippen LogP) is 3.63. The molecule has 0 unspecified atom stereocenters. The van der Waals surface area contributed by atoms with Crippen LogP contribution in [0, 0.1) is 0 Å². The van der Waals surface area contributed by atoms with Crippen LogP contribution in [0.15, 0.2) is 43.5 Å². The third-order valence-corrected chi connectivity index (χ3v) is 1.47. The number of rotatable bonds is 1. The van der Waals surface area contributed by atoms with Gasteiger partial charge in [0, 0.05) is 0 Å². The Morgan fingerprint density at radius 1 is 1.00 bits per heavy atom. The molecule has 0 spiro atoms. The maximum absolute atomic E-state index is 6.00. The average molecular weight is 182 g/mol. The van der Waals surface area contributed by atoms with Crippen molar-refractivity contribution < 1.29 is 10.5 Å². The average Bonchev–Trinajstić information content (AvgIpc) is 2.25. The molecule has 2 nitrogen and oxygen atoms in total. The molecule has 1 aromatic carbocycles. The van der Waals surface area contributed by atoms with Crippen LogP contribution < -0.4 is 0 Å². The number of hydrogen-bond acceptors (Lipinski definition) is 2. The highest BCUT2D eigenvalue weighted by atomic mass is 17.0. The van der Waals surface area contributed by atoms with E-state index in [-0.39, 0.29) is 0 Å². The van der Waals surface area contributed by atoms with E-state index in [9.17, 15) is 0 Å². The van der Waals surface area contributed by atoms with Gasteiger partial charge in [0.05, 0.1) is 0 Å². The molecule has 0 heterocycles. The summed E-state index contributed by atoms with van der Waals surface area (Å²) < 4.78 is 0. The zero-order valence-electron chi connectivity index (χ0n) is 8.27. The standard InChI is InChI=1S/C9H12.C2H4.H2O2/c1-8(2)9-6-4-3-5-7-9;2*1-2/h3-8H,1-2H3;1-2H2;1-2H. The van der Waals surface area contributed by atoms with Gasteiger partial charge in [-0.2, -0.15) is 0 Å². The summed E-state index contributed by atoms with van der Waals surface area (Å²) in [5.41, 5.74) is 1.41. The molecule has 0 saturated carbocycles. The molecule has 1 aromatic rings. The van der Waals surface area contributed by atoms with Crippen LogP contribution in [0.25, 0.3) is 0 Å². The first-order valence-corrected chi connectivity index (χ1v) is 4.05. The summed E-state index contributed by atoms with van der Waals surface area (Å²) in [6.45, 7) is 10.4. The smallest absolute Gasteiger partial charge is 0.0219 e. The molecule has 0 atom stereocenters. The highest BCUT2D eigenvalue weighted by Crippen LogP contribution is 2.11. The van der Waals surface area contributed by atoms with E-state index in [1.807, 2.05) is 6.07 Å². The van der Waals surface area contributed by atoms with Crippen molar-refractivity contribution in [2.45, 2.75) is 19.8 Å². The lowest BCUT2D eigenvalue weighted by Crippen LogP contribution is -1.83. The molecule has 13 heavy (non-hydrogen) atoms. The third-order valence-electron chi connectivity index (χ3n) is 1.47. The topological polar surface area (TPSA) is 40.5 Å². The fourth-order valence-electron chi connectivity index (χ4n) is 0.838. The molecule has 0 aliphatic rings. The predicted molar refractivity (Wildman–Crippen MR) is 57.0 cm³/mol. The highest BCUT2D eigenvalue weighted by molar-refractivity contribution is 5.17. The van der Waals surface area contributed by atoms with Crippen molar-refractivity contribution in [2.75, 3.05) is 0 Å². The maximum Gasteiger partial charge on any atom is -0.0219 e. The Hall–Kier alpha value is -1.12. The summed E-state index contributed by atoms with van der Waals surface area (Å²) in [4.78, 5) is 0. The van der Waals surface area contributed by atoms with Crippen LogP contribution >= 0.6 is 0 Å². The van der Waals surface area contributed by atoms with Crippen molar-refractivity contribution in [2.24, 2.45) is 0 Å². The van der Waals surface area contributed by atoms with Gasteiger partial charge in [-0.25, -0.2) is 0 Å². The summed E-state index contributed by atoms with van der Waals surface area (Å²) in [5, 5.41) is 12.0. The van der Waals surface area contributed by atoms with Gasteiger partial charge in [-0.3, -0.25) is 10.5 Å². The highest BCUT2D eigenvalue weighted by Gasteiger charge is 1.93. The molecule has 0 aliphatic heterocycles. The molecule has 0 fully saturated rings. The van der Waals surface area contributed by atoms with E-state index in [1.54, 1.807) is 0 Å². The SMILES string of the molecule is C=C.CC(C)c1ccccc1.OO. The van der Waals surface area contributed by atoms with Crippen molar-refractivity contribution in [1.29, 1.82) is 0 Å². The number of benzene rings is 1. The Morgan fingerprint density at radius 3 is 1.62 bits per heavy atom. The van der Waals surface area contributed by atoms with Gasteiger partial charge in [-0.15, -0.1) is 13.2 Å². The molecule has 0 amide bonds. The van der Waals surface area contributed by atoms with E-state index in [0.717, 1.165) is 0 Å². The van der Waals surface area contributed by atoms with E-state index >= 15 is 0 Å². The van der Waals surface area contributed by atoms with Crippen LogP contribution in [-0.4, -0.2) is 10.5 Å². The lowest BCUT2D eigenvalue weighted by atomic mass is 10.0. The molecule has 0 radical (unpaired) electrons. The second-order valence-corrected chi connectivity index (χ2v) is 2.57. The largest absolute Gasteiger partial charge is 0.255 e. The van der Waals surface area contributed by atoms with Crippen LogP contribution in [-0.2, 0) is 0 Å². The Kier molecular flexibility index (Phi) is 12.1. The summed E-state index contributed by atoms with van der Waals surface area (Å²) in [6, 6.07) is 10.5. The zero-order chi connectivity index (χ0) is 10.7. The Balaban J connectivity index is 0. The zero-order valence-corrected chi connectivity index (χ0v) is 8.27. The summed E-state index contributed by atoms with van der Waals surface area (Å²) in [7, 11) is 0. The molecule has 0 saturated heterocycles. The van der Waals surface area contributed by atoms with Gasteiger partial charge in [0.1, 0.15) is 0 Å². The Morgan fingerprint density at radius 2 is 1.38 bits per heavy atom.